The van der Waals surface area contributed by atoms with Gasteiger partial charge >= 0.3 is 6.09 Å². The molecule has 0 aromatic carbocycles. The molecular formula is C22H40N6O3. The predicted octanol–water partition coefficient (Wildman–Crippen LogP) is 3.97. The Labute approximate surface area is 187 Å². The highest BCUT2D eigenvalue weighted by Crippen LogP contribution is 2.20. The molecule has 176 valence electrons. The van der Waals surface area contributed by atoms with Crippen LogP contribution in [0.1, 0.15) is 67.2 Å². The summed E-state index contributed by atoms with van der Waals surface area (Å²) in [6.45, 7) is 16.3. The molecular weight excluding hydrogens is 396 g/mol. The lowest BCUT2D eigenvalue weighted by Crippen LogP contribution is -2.50. The van der Waals surface area contributed by atoms with Gasteiger partial charge in [0.2, 0.25) is 0 Å². The molecule has 9 heteroatoms. The van der Waals surface area contributed by atoms with Gasteiger partial charge in [-0.05, 0) is 59.5 Å². The van der Waals surface area contributed by atoms with Crippen molar-refractivity contribution in [2.75, 3.05) is 20.2 Å². The zero-order valence-corrected chi connectivity index (χ0v) is 20.2. The van der Waals surface area contributed by atoms with Gasteiger partial charge in [-0.1, -0.05) is 13.8 Å². The van der Waals surface area contributed by atoms with E-state index in [0.717, 1.165) is 42.9 Å². The number of carbonyl (C=O) groups excluding carboxylic acids is 1. The molecule has 0 aromatic heterocycles. The van der Waals surface area contributed by atoms with Crippen LogP contribution in [0.15, 0.2) is 33.9 Å². The molecule has 0 unspecified atom stereocenters. The fourth-order valence-corrected chi connectivity index (χ4v) is 3.10. The van der Waals surface area contributed by atoms with Gasteiger partial charge in [0.1, 0.15) is 17.1 Å². The number of rotatable bonds is 10. The van der Waals surface area contributed by atoms with Crippen molar-refractivity contribution in [2.24, 2.45) is 10.2 Å². The summed E-state index contributed by atoms with van der Waals surface area (Å²) in [5, 5.41) is 10.4. The quantitative estimate of drug-likeness (QED) is 0.306. The first-order valence-electron chi connectivity index (χ1n) is 10.9. The van der Waals surface area contributed by atoms with Crippen LogP contribution in [-0.4, -0.2) is 60.4 Å². The lowest BCUT2D eigenvalue weighted by molar-refractivity contribution is 0.0111. The highest BCUT2D eigenvalue weighted by molar-refractivity contribution is 5.98. The van der Waals surface area contributed by atoms with Crippen LogP contribution in [0.2, 0.25) is 0 Å². The molecule has 1 amide bonds. The fourth-order valence-electron chi connectivity index (χ4n) is 3.10. The standard InChI is InChI=1S/C22H40N6O3/c1-9-11-20(30-8)19(10-2)26-28(25-17(3)16-24-23-7)18-12-14-27(15-13-18)21(29)31-22(4,5)6/h11,16,18,24-25H,7,9-10,12-15H2,1-6,8H3/b17-16-,20-11+,26-19+. The molecule has 2 N–H and O–H groups in total. The largest absolute Gasteiger partial charge is 0.495 e. The third-order valence-corrected chi connectivity index (χ3v) is 4.58. The number of hydrogen-bond donors (Lipinski definition) is 2. The van der Waals surface area contributed by atoms with Crippen LogP contribution in [0.3, 0.4) is 0 Å². The molecule has 0 aromatic rings. The van der Waals surface area contributed by atoms with Crippen LogP contribution >= 0.6 is 0 Å². The van der Waals surface area contributed by atoms with Gasteiger partial charge in [0.05, 0.1) is 13.2 Å². The molecule has 0 atom stereocenters. The SMILES string of the molecule is C=NN/C=C(/C)NN(/N=C(CC)/C(=C\CC)OC)C1CCN(C(=O)OC(C)(C)C)CC1. The topological polar surface area (TPSA) is 90.8 Å². The van der Waals surface area contributed by atoms with Crippen LogP contribution in [0, 0.1) is 0 Å². The minimum absolute atomic E-state index is 0.0972. The molecule has 0 saturated carbocycles. The predicted molar refractivity (Wildman–Crippen MR) is 125 cm³/mol. The van der Waals surface area contributed by atoms with E-state index in [-0.39, 0.29) is 12.1 Å². The van der Waals surface area contributed by atoms with Crippen molar-refractivity contribution in [1.29, 1.82) is 0 Å². The number of nitrogens with one attached hydrogen (secondary N) is 2. The van der Waals surface area contributed by atoms with E-state index in [1.807, 2.05) is 38.9 Å². The summed E-state index contributed by atoms with van der Waals surface area (Å²) in [6.07, 6.45) is 6.57. The monoisotopic (exact) mass is 436 g/mol. The minimum Gasteiger partial charge on any atom is -0.495 e. The molecule has 0 aliphatic carbocycles. The van der Waals surface area contributed by atoms with Crippen molar-refractivity contribution in [3.05, 3.63) is 23.7 Å². The van der Waals surface area contributed by atoms with Crippen molar-refractivity contribution in [3.63, 3.8) is 0 Å². The number of hydrazone groups is 2. The molecule has 1 fully saturated rings. The molecule has 1 saturated heterocycles. The molecule has 0 bridgehead atoms. The normalized spacial score (nSPS) is 16.6. The molecule has 1 aliphatic heterocycles. The maximum atomic E-state index is 12.4. The molecule has 1 rings (SSSR count). The summed E-state index contributed by atoms with van der Waals surface area (Å²) >= 11 is 0. The first-order chi connectivity index (χ1) is 14.6. The highest BCUT2D eigenvalue weighted by Gasteiger charge is 2.30. The van der Waals surface area contributed by atoms with Crippen molar-refractivity contribution in [3.8, 4) is 0 Å². The highest BCUT2D eigenvalue weighted by atomic mass is 16.6. The van der Waals surface area contributed by atoms with Crippen molar-refractivity contribution < 1.29 is 14.3 Å². The summed E-state index contributed by atoms with van der Waals surface area (Å²) < 4.78 is 11.1. The Morgan fingerprint density at radius 2 is 1.94 bits per heavy atom. The van der Waals surface area contributed by atoms with Gasteiger partial charge in [-0.25, -0.2) is 9.91 Å². The van der Waals surface area contributed by atoms with E-state index < -0.39 is 5.60 Å². The number of nitrogens with zero attached hydrogens (tertiary/aromatic N) is 4. The second kappa shape index (κ2) is 12.9. The Kier molecular flexibility index (Phi) is 10.9. The van der Waals surface area contributed by atoms with Gasteiger partial charge in [0.15, 0.2) is 0 Å². The molecule has 1 aliphatic rings. The first-order valence-corrected chi connectivity index (χ1v) is 10.9. The maximum absolute atomic E-state index is 12.4. The zero-order chi connectivity index (χ0) is 23.4. The third kappa shape index (κ3) is 9.31. The van der Waals surface area contributed by atoms with Gasteiger partial charge in [-0.15, -0.1) is 0 Å². The Balaban J connectivity index is 3.02. The summed E-state index contributed by atoms with van der Waals surface area (Å²) in [7, 11) is 1.66. The molecule has 1 heterocycles. The van der Waals surface area contributed by atoms with Crippen LogP contribution in [-0.2, 0) is 9.47 Å². The number of likely N-dealkylation sites (tertiary alicyclic amines) is 1. The number of carbonyl (C=O) groups is 1. The van der Waals surface area contributed by atoms with E-state index in [0.29, 0.717) is 13.1 Å². The number of methoxy groups -OCH3 is 1. The van der Waals surface area contributed by atoms with Crippen molar-refractivity contribution >= 4 is 18.5 Å². The number of piperidine rings is 1. The third-order valence-electron chi connectivity index (χ3n) is 4.58. The van der Waals surface area contributed by atoms with Gasteiger partial charge in [-0.3, -0.25) is 10.9 Å². The maximum Gasteiger partial charge on any atom is 0.410 e. The number of amides is 1. The average Bonchev–Trinajstić information content (AvgIpc) is 2.72. The van der Waals surface area contributed by atoms with Crippen molar-refractivity contribution in [1.82, 2.24) is 20.9 Å². The smallest absolute Gasteiger partial charge is 0.410 e. The Bertz CT molecular complexity index is 673. The van der Waals surface area contributed by atoms with E-state index >= 15 is 0 Å². The average molecular weight is 437 g/mol. The van der Waals surface area contributed by atoms with E-state index in [1.165, 1.54) is 0 Å². The van der Waals surface area contributed by atoms with E-state index in [1.54, 1.807) is 18.2 Å². The van der Waals surface area contributed by atoms with Crippen molar-refractivity contribution in [2.45, 2.75) is 78.9 Å². The van der Waals surface area contributed by atoms with Crippen LogP contribution in [0.4, 0.5) is 4.79 Å². The van der Waals surface area contributed by atoms with Crippen LogP contribution in [0.5, 0.6) is 0 Å². The van der Waals surface area contributed by atoms with Gasteiger partial charge in [-0.2, -0.15) is 10.2 Å². The summed E-state index contributed by atoms with van der Waals surface area (Å²) in [6, 6.07) is 0.0972. The second-order valence-electron chi connectivity index (χ2n) is 8.35. The number of ether oxygens (including phenoxy) is 2. The summed E-state index contributed by atoms with van der Waals surface area (Å²) in [4.78, 5) is 14.2. The van der Waals surface area contributed by atoms with E-state index in [2.05, 4.69) is 36.5 Å². The number of allylic oxidation sites excluding steroid dienone is 3. The van der Waals surface area contributed by atoms with Crippen LogP contribution in [0.25, 0.3) is 0 Å². The van der Waals surface area contributed by atoms with Gasteiger partial charge in [0.25, 0.3) is 0 Å². The lowest BCUT2D eigenvalue weighted by atomic mass is 10.1. The van der Waals surface area contributed by atoms with Gasteiger partial charge in [0, 0.05) is 31.7 Å². The Hall–Kier alpha value is -2.71. The lowest BCUT2D eigenvalue weighted by Gasteiger charge is -2.38. The molecule has 9 nitrogen and oxygen atoms in total. The fraction of sp³-hybridized carbons (Fsp3) is 0.682. The molecule has 0 radical (unpaired) electrons. The van der Waals surface area contributed by atoms with Gasteiger partial charge < -0.3 is 14.4 Å². The number of hydrazine groups is 1. The molecule has 31 heavy (non-hydrogen) atoms. The summed E-state index contributed by atoms with van der Waals surface area (Å²) in [5.41, 5.74) is 7.25. The van der Waals surface area contributed by atoms with E-state index in [9.17, 15) is 4.79 Å². The first kappa shape index (κ1) is 26.3. The van der Waals surface area contributed by atoms with E-state index in [4.69, 9.17) is 14.6 Å². The summed E-state index contributed by atoms with van der Waals surface area (Å²) in [5.74, 6) is 0.774. The Morgan fingerprint density at radius 3 is 2.42 bits per heavy atom. The minimum atomic E-state index is -0.502. The number of hydrogen-bond acceptors (Lipinski definition) is 8. The Morgan fingerprint density at radius 1 is 1.29 bits per heavy atom. The molecule has 0 spiro atoms. The zero-order valence-electron chi connectivity index (χ0n) is 20.2. The van der Waals surface area contributed by atoms with Crippen LogP contribution < -0.4 is 10.9 Å². The second-order valence-corrected chi connectivity index (χ2v) is 8.35.